The molecule has 1 aromatic heterocycles. The highest BCUT2D eigenvalue weighted by Gasteiger charge is 2.25. The lowest BCUT2D eigenvalue weighted by molar-refractivity contribution is 0.157. The number of fused-ring (bicyclic) bond motifs is 2. The molecule has 0 aliphatic carbocycles. The maximum absolute atomic E-state index is 12.9. The molecule has 3 rings (SSSR count). The van der Waals surface area contributed by atoms with Crippen LogP contribution in [-0.4, -0.2) is 36.0 Å². The summed E-state index contributed by atoms with van der Waals surface area (Å²) >= 11 is 0. The quantitative estimate of drug-likeness (QED) is 0.630. The molecule has 0 fully saturated rings. The number of rotatable bonds is 4. The Bertz CT molecular complexity index is 990. The average molecular weight is 349 g/mol. The zero-order valence-corrected chi connectivity index (χ0v) is 15.5. The normalized spacial score (nSPS) is 16.7. The molecule has 2 heterocycles. The van der Waals surface area contributed by atoms with Crippen LogP contribution in [0.25, 0.3) is 10.9 Å². The lowest BCUT2D eigenvalue weighted by Gasteiger charge is -2.13. The Morgan fingerprint density at radius 3 is 3.08 bits per heavy atom. The largest absolute Gasteiger partial charge is 0.383 e. The van der Waals surface area contributed by atoms with E-state index in [0.29, 0.717) is 17.5 Å². The van der Waals surface area contributed by atoms with Crippen LogP contribution in [0.5, 0.6) is 0 Å². The highest BCUT2D eigenvalue weighted by molar-refractivity contribution is 6.09. The van der Waals surface area contributed by atoms with Crippen molar-refractivity contribution < 1.29 is 4.74 Å². The molecule has 1 aliphatic heterocycles. The van der Waals surface area contributed by atoms with Crippen molar-refractivity contribution in [3.05, 3.63) is 52.1 Å². The van der Waals surface area contributed by atoms with Crippen LogP contribution in [0.15, 0.2) is 40.1 Å². The predicted octanol–water partition coefficient (Wildman–Crippen LogP) is 2.92. The molecule has 0 spiro atoms. The van der Waals surface area contributed by atoms with E-state index in [1.807, 2.05) is 30.4 Å². The van der Waals surface area contributed by atoms with Gasteiger partial charge in [0.2, 0.25) is 0 Å². The first-order valence-electron chi connectivity index (χ1n) is 8.87. The molecule has 0 bridgehead atoms. The monoisotopic (exact) mass is 349 g/mol. The van der Waals surface area contributed by atoms with E-state index >= 15 is 0 Å². The Labute approximate surface area is 153 Å². The highest BCUT2D eigenvalue weighted by atomic mass is 16.5. The molecule has 0 saturated heterocycles. The minimum absolute atomic E-state index is 0.00532. The zero-order valence-electron chi connectivity index (χ0n) is 15.5. The van der Waals surface area contributed by atoms with Crippen molar-refractivity contribution in [1.82, 2.24) is 9.55 Å². The van der Waals surface area contributed by atoms with Gasteiger partial charge >= 0.3 is 0 Å². The molecule has 1 unspecified atom stereocenters. The molecule has 1 aromatic carbocycles. The van der Waals surface area contributed by atoms with Gasteiger partial charge in [0.05, 0.1) is 23.6 Å². The molecule has 5 heteroatoms. The van der Waals surface area contributed by atoms with Gasteiger partial charge in [-0.2, -0.15) is 0 Å². The van der Waals surface area contributed by atoms with E-state index in [1.165, 1.54) is 0 Å². The van der Waals surface area contributed by atoms with Gasteiger partial charge in [-0.1, -0.05) is 18.9 Å². The molecule has 1 atom stereocenters. The third-order valence-corrected chi connectivity index (χ3v) is 4.49. The topological polar surface area (TPSA) is 56.5 Å². The highest BCUT2D eigenvalue weighted by Crippen LogP contribution is 2.24. The van der Waals surface area contributed by atoms with Crippen LogP contribution in [0.3, 0.4) is 0 Å². The van der Waals surface area contributed by atoms with Gasteiger partial charge < -0.3 is 4.74 Å². The van der Waals surface area contributed by atoms with Crippen molar-refractivity contribution in [2.24, 2.45) is 4.99 Å². The molecular weight excluding hydrogens is 326 g/mol. The van der Waals surface area contributed by atoms with E-state index in [4.69, 9.17) is 9.72 Å². The van der Waals surface area contributed by atoms with Crippen molar-refractivity contribution in [3.8, 4) is 11.8 Å². The molecule has 0 amide bonds. The van der Waals surface area contributed by atoms with E-state index in [2.05, 4.69) is 23.8 Å². The molecule has 5 nitrogen and oxygen atoms in total. The number of hydrogen-bond donors (Lipinski definition) is 0. The number of aryl methyl sites for hydroxylation is 1. The van der Waals surface area contributed by atoms with Crippen molar-refractivity contribution >= 4 is 16.6 Å². The summed E-state index contributed by atoms with van der Waals surface area (Å²) in [5, 5.41) is 0.623. The number of methoxy groups -OCH3 is 1. The van der Waals surface area contributed by atoms with Crippen LogP contribution >= 0.6 is 0 Å². The Morgan fingerprint density at radius 2 is 2.35 bits per heavy atom. The van der Waals surface area contributed by atoms with Crippen molar-refractivity contribution in [1.29, 1.82) is 0 Å². The van der Waals surface area contributed by atoms with Crippen molar-refractivity contribution in [2.45, 2.75) is 32.2 Å². The number of aliphatic imine (C=N–C) groups is 1. The van der Waals surface area contributed by atoms with Crippen LogP contribution in [-0.2, 0) is 11.2 Å². The molecule has 1 aliphatic rings. The summed E-state index contributed by atoms with van der Waals surface area (Å²) < 4.78 is 7.03. The lowest BCUT2D eigenvalue weighted by Crippen LogP contribution is -2.26. The Kier molecular flexibility index (Phi) is 5.65. The maximum atomic E-state index is 12.9. The fourth-order valence-corrected chi connectivity index (χ4v) is 3.19. The molecule has 0 N–H and O–H groups in total. The summed E-state index contributed by atoms with van der Waals surface area (Å²) in [4.78, 5) is 21.7. The van der Waals surface area contributed by atoms with E-state index in [0.717, 1.165) is 36.4 Å². The molecule has 26 heavy (non-hydrogen) atoms. The second-order valence-corrected chi connectivity index (χ2v) is 6.25. The van der Waals surface area contributed by atoms with Gasteiger partial charge in [0.15, 0.2) is 0 Å². The Balaban J connectivity index is 1.99. The van der Waals surface area contributed by atoms with Gasteiger partial charge in [0.25, 0.3) is 5.56 Å². The molecule has 134 valence electrons. The fourth-order valence-electron chi connectivity index (χ4n) is 3.19. The first-order chi connectivity index (χ1) is 12.7. The standard InChI is InChI=1S/C21H23N3O2/c1-4-5-6-16(22-2)9-7-15-8-11-18-19(13-15)23-20-12-10-17(14-26-3)24(20)21(18)25/h5-6,8,11,13,17H,4,10,12,14H2,1-3H3/b6-5-,22-16?. The minimum Gasteiger partial charge on any atom is -0.383 e. The lowest BCUT2D eigenvalue weighted by atomic mass is 10.1. The van der Waals surface area contributed by atoms with Crippen LogP contribution in [0.1, 0.15) is 37.2 Å². The smallest absolute Gasteiger partial charge is 0.261 e. The third kappa shape index (κ3) is 3.61. The van der Waals surface area contributed by atoms with E-state index in [-0.39, 0.29) is 11.6 Å². The number of allylic oxidation sites excluding steroid dienone is 2. The summed E-state index contributed by atoms with van der Waals surface area (Å²) in [5.74, 6) is 7.00. The van der Waals surface area contributed by atoms with Gasteiger partial charge in [-0.05, 0) is 43.0 Å². The second-order valence-electron chi connectivity index (χ2n) is 6.25. The summed E-state index contributed by atoms with van der Waals surface area (Å²) in [6, 6.07) is 5.63. The number of aromatic nitrogens is 2. The van der Waals surface area contributed by atoms with Crippen LogP contribution in [0, 0.1) is 11.8 Å². The van der Waals surface area contributed by atoms with Gasteiger partial charge in [-0.3, -0.25) is 14.4 Å². The SMILES string of the molecule is CC/C=C\C(C#Cc1ccc2c(=O)n3c(nc2c1)CCC3COC)=NC. The summed E-state index contributed by atoms with van der Waals surface area (Å²) in [6.07, 6.45) is 6.57. The molecular formula is C21H23N3O2. The third-order valence-electron chi connectivity index (χ3n) is 4.49. The van der Waals surface area contributed by atoms with Crippen LogP contribution in [0.2, 0.25) is 0 Å². The van der Waals surface area contributed by atoms with E-state index in [1.54, 1.807) is 18.7 Å². The van der Waals surface area contributed by atoms with E-state index < -0.39 is 0 Å². The first-order valence-corrected chi connectivity index (χ1v) is 8.87. The molecule has 0 saturated carbocycles. The van der Waals surface area contributed by atoms with Crippen molar-refractivity contribution in [3.63, 3.8) is 0 Å². The van der Waals surface area contributed by atoms with Gasteiger partial charge in [-0.15, -0.1) is 0 Å². The molecule has 2 aromatic rings. The Morgan fingerprint density at radius 1 is 1.50 bits per heavy atom. The number of ether oxygens (including phenoxy) is 1. The second kappa shape index (κ2) is 8.11. The maximum Gasteiger partial charge on any atom is 0.261 e. The Hall–Kier alpha value is -2.71. The van der Waals surface area contributed by atoms with Crippen LogP contribution in [0.4, 0.5) is 0 Å². The number of benzene rings is 1. The van der Waals surface area contributed by atoms with Crippen LogP contribution < -0.4 is 5.56 Å². The predicted molar refractivity (Wildman–Crippen MR) is 105 cm³/mol. The van der Waals surface area contributed by atoms with E-state index in [9.17, 15) is 4.79 Å². The zero-order chi connectivity index (χ0) is 18.5. The van der Waals surface area contributed by atoms with Gasteiger partial charge in [0.1, 0.15) is 11.5 Å². The molecule has 0 radical (unpaired) electrons. The van der Waals surface area contributed by atoms with Crippen molar-refractivity contribution in [2.75, 3.05) is 20.8 Å². The first kappa shape index (κ1) is 18.1. The summed E-state index contributed by atoms with van der Waals surface area (Å²) in [5.41, 5.74) is 2.26. The van der Waals surface area contributed by atoms with Gasteiger partial charge in [-0.25, -0.2) is 4.98 Å². The number of nitrogens with zero attached hydrogens (tertiary/aromatic N) is 3. The average Bonchev–Trinajstić information content (AvgIpc) is 3.05. The summed E-state index contributed by atoms with van der Waals surface area (Å²) in [6.45, 7) is 2.61. The van der Waals surface area contributed by atoms with Gasteiger partial charge in [0, 0.05) is 26.1 Å². The number of hydrogen-bond acceptors (Lipinski definition) is 4. The minimum atomic E-state index is 0.00532. The summed E-state index contributed by atoms with van der Waals surface area (Å²) in [7, 11) is 3.39. The fraction of sp³-hybridized carbons (Fsp3) is 0.381.